The summed E-state index contributed by atoms with van der Waals surface area (Å²) < 4.78 is 24.1. The summed E-state index contributed by atoms with van der Waals surface area (Å²) in [6.07, 6.45) is -0.768. The maximum absolute atomic E-state index is 12.1. The van der Waals surface area contributed by atoms with E-state index in [0.29, 0.717) is 11.6 Å². The molecule has 0 aromatic carbocycles. The molecule has 1 heterocycles. The minimum absolute atomic E-state index is 0.0443. The third kappa shape index (κ3) is 5.04. The van der Waals surface area contributed by atoms with E-state index in [-0.39, 0.29) is 24.3 Å². The van der Waals surface area contributed by atoms with E-state index in [0.717, 1.165) is 5.69 Å². The first-order valence-corrected chi connectivity index (χ1v) is 6.09. The Morgan fingerprint density at radius 1 is 1.47 bits per heavy atom. The van der Waals surface area contributed by atoms with Gasteiger partial charge in [0, 0.05) is 11.8 Å². The largest absolute Gasteiger partial charge is 0.302 e. The zero-order chi connectivity index (χ0) is 12.8. The number of rotatable bonds is 5. The summed E-state index contributed by atoms with van der Waals surface area (Å²) in [6.45, 7) is 3.21. The summed E-state index contributed by atoms with van der Waals surface area (Å²) >= 11 is 1.35. The highest BCUT2D eigenvalue weighted by Gasteiger charge is 2.06. The first-order chi connectivity index (χ1) is 7.99. The Morgan fingerprint density at radius 2 is 2.18 bits per heavy atom. The zero-order valence-corrected chi connectivity index (χ0v) is 10.5. The van der Waals surface area contributed by atoms with Crippen molar-refractivity contribution in [1.82, 2.24) is 4.98 Å². The lowest BCUT2D eigenvalue weighted by Gasteiger charge is -2.01. The van der Waals surface area contributed by atoms with Crippen molar-refractivity contribution < 1.29 is 13.6 Å². The fourth-order valence-electron chi connectivity index (χ4n) is 1.20. The Morgan fingerprint density at radius 3 is 2.71 bits per heavy atom. The van der Waals surface area contributed by atoms with Crippen LogP contribution in [-0.4, -0.2) is 10.9 Å². The summed E-state index contributed by atoms with van der Waals surface area (Å²) in [7, 11) is 0. The predicted molar refractivity (Wildman–Crippen MR) is 64.2 cm³/mol. The number of hydrogen-bond donors (Lipinski definition) is 1. The van der Waals surface area contributed by atoms with Gasteiger partial charge < -0.3 is 5.32 Å². The molecular formula is C11H14F2N2OS. The van der Waals surface area contributed by atoms with Crippen LogP contribution in [0, 0.1) is 6.92 Å². The number of carbonyl (C=O) groups excluding carboxylic acids is 1. The molecule has 3 nitrogen and oxygen atoms in total. The number of nitrogens with zero attached hydrogens (tertiary/aromatic N) is 1. The highest BCUT2D eigenvalue weighted by molar-refractivity contribution is 7.13. The molecule has 1 N–H and O–H groups in total. The van der Waals surface area contributed by atoms with Crippen LogP contribution in [0.5, 0.6) is 0 Å². The van der Waals surface area contributed by atoms with Crippen molar-refractivity contribution in [3.05, 3.63) is 22.7 Å². The van der Waals surface area contributed by atoms with Gasteiger partial charge in [-0.15, -0.1) is 11.3 Å². The van der Waals surface area contributed by atoms with E-state index in [2.05, 4.69) is 10.3 Å². The topological polar surface area (TPSA) is 42.0 Å². The van der Waals surface area contributed by atoms with Crippen LogP contribution in [-0.2, 0) is 4.79 Å². The van der Waals surface area contributed by atoms with E-state index >= 15 is 0 Å². The van der Waals surface area contributed by atoms with E-state index < -0.39 is 6.08 Å². The number of anilines is 1. The van der Waals surface area contributed by atoms with Gasteiger partial charge in [-0.1, -0.05) is 0 Å². The highest BCUT2D eigenvalue weighted by Crippen LogP contribution is 2.16. The average Bonchev–Trinajstić information content (AvgIpc) is 2.63. The molecule has 6 heteroatoms. The molecule has 0 aliphatic rings. The number of amides is 1. The zero-order valence-electron chi connectivity index (χ0n) is 9.72. The van der Waals surface area contributed by atoms with Gasteiger partial charge in [-0.3, -0.25) is 4.79 Å². The van der Waals surface area contributed by atoms with Crippen LogP contribution >= 0.6 is 11.3 Å². The van der Waals surface area contributed by atoms with Crippen molar-refractivity contribution in [1.29, 1.82) is 0 Å². The molecule has 0 aliphatic heterocycles. The molecule has 1 amide bonds. The molecule has 1 aromatic heterocycles. The van der Waals surface area contributed by atoms with Crippen LogP contribution in [0.1, 0.15) is 31.9 Å². The van der Waals surface area contributed by atoms with Crippen LogP contribution in [0.4, 0.5) is 13.9 Å². The summed E-state index contributed by atoms with van der Waals surface area (Å²) in [5.74, 6) is -0.189. The normalized spacial score (nSPS) is 10.1. The Labute approximate surface area is 103 Å². The lowest BCUT2D eigenvalue weighted by atomic mass is 10.1. The minimum Gasteiger partial charge on any atom is -0.302 e. The predicted octanol–water partition coefficient (Wildman–Crippen LogP) is 3.73. The van der Waals surface area contributed by atoms with Crippen molar-refractivity contribution >= 4 is 22.4 Å². The maximum Gasteiger partial charge on any atom is 0.269 e. The van der Waals surface area contributed by atoms with E-state index in [9.17, 15) is 13.6 Å². The first-order valence-electron chi connectivity index (χ1n) is 5.21. The Kier molecular flexibility index (Phi) is 5.21. The number of allylic oxidation sites excluding steroid dienone is 1. The third-order valence-corrected chi connectivity index (χ3v) is 3.02. The molecule has 94 valence electrons. The number of nitrogens with one attached hydrogen (secondary N) is 1. The van der Waals surface area contributed by atoms with Gasteiger partial charge in [0.25, 0.3) is 6.08 Å². The fourth-order valence-corrected chi connectivity index (χ4v) is 1.91. The molecule has 17 heavy (non-hydrogen) atoms. The van der Waals surface area contributed by atoms with Crippen molar-refractivity contribution in [2.45, 2.75) is 33.1 Å². The SMILES string of the molecule is CC(CCCC(=O)Nc1nc(C)cs1)=C(F)F. The number of aromatic nitrogens is 1. The molecule has 0 fully saturated rings. The second-order valence-corrected chi connectivity index (χ2v) is 4.59. The second kappa shape index (κ2) is 6.44. The molecule has 1 aromatic rings. The van der Waals surface area contributed by atoms with Crippen LogP contribution in [0.2, 0.25) is 0 Å². The third-order valence-electron chi connectivity index (χ3n) is 2.14. The van der Waals surface area contributed by atoms with E-state index in [4.69, 9.17) is 0 Å². The molecule has 0 atom stereocenters. The number of aryl methyl sites for hydroxylation is 1. The molecule has 0 saturated carbocycles. The van der Waals surface area contributed by atoms with Crippen LogP contribution in [0.3, 0.4) is 0 Å². The Hall–Kier alpha value is -1.30. The van der Waals surface area contributed by atoms with Gasteiger partial charge in [0.15, 0.2) is 5.13 Å². The monoisotopic (exact) mass is 260 g/mol. The van der Waals surface area contributed by atoms with Crippen molar-refractivity contribution in [3.63, 3.8) is 0 Å². The Balaban J connectivity index is 2.29. The molecular weight excluding hydrogens is 246 g/mol. The highest BCUT2D eigenvalue weighted by atomic mass is 32.1. The molecule has 0 bridgehead atoms. The Bertz CT molecular complexity index is 425. The van der Waals surface area contributed by atoms with Crippen molar-refractivity contribution in [2.24, 2.45) is 0 Å². The average molecular weight is 260 g/mol. The lowest BCUT2D eigenvalue weighted by Crippen LogP contribution is -2.10. The second-order valence-electron chi connectivity index (χ2n) is 3.74. The van der Waals surface area contributed by atoms with Gasteiger partial charge >= 0.3 is 0 Å². The minimum atomic E-state index is -1.65. The van der Waals surface area contributed by atoms with Gasteiger partial charge in [0.2, 0.25) is 5.91 Å². The molecule has 1 rings (SSSR count). The van der Waals surface area contributed by atoms with Gasteiger partial charge in [-0.05, 0) is 32.3 Å². The molecule has 0 aliphatic carbocycles. The van der Waals surface area contributed by atoms with Gasteiger partial charge in [-0.2, -0.15) is 8.78 Å². The molecule has 0 saturated heterocycles. The standard InChI is InChI=1S/C11H14F2N2OS/c1-7(10(12)13)4-3-5-9(16)15-11-14-8(2)6-17-11/h6H,3-5H2,1-2H3,(H,14,15,16). The quantitative estimate of drug-likeness (QED) is 0.876. The smallest absolute Gasteiger partial charge is 0.269 e. The van der Waals surface area contributed by atoms with Crippen LogP contribution in [0.25, 0.3) is 0 Å². The van der Waals surface area contributed by atoms with E-state index in [1.807, 2.05) is 12.3 Å². The number of thiazole rings is 1. The van der Waals surface area contributed by atoms with Crippen molar-refractivity contribution in [2.75, 3.05) is 5.32 Å². The summed E-state index contributed by atoms with van der Waals surface area (Å²) in [6, 6.07) is 0. The van der Waals surface area contributed by atoms with Gasteiger partial charge in [0.1, 0.15) is 0 Å². The summed E-state index contributed by atoms with van der Waals surface area (Å²) in [5, 5.41) is 5.02. The molecule has 0 spiro atoms. The maximum atomic E-state index is 12.1. The number of hydrogen-bond acceptors (Lipinski definition) is 3. The summed E-state index contributed by atoms with van der Waals surface area (Å²) in [5.41, 5.74) is 0.895. The number of carbonyl (C=O) groups is 1. The fraction of sp³-hybridized carbons (Fsp3) is 0.455. The van der Waals surface area contributed by atoms with E-state index in [1.54, 1.807) is 0 Å². The molecule has 0 radical (unpaired) electrons. The van der Waals surface area contributed by atoms with Crippen LogP contribution in [0.15, 0.2) is 17.0 Å². The van der Waals surface area contributed by atoms with E-state index in [1.165, 1.54) is 18.3 Å². The number of halogens is 2. The summed E-state index contributed by atoms with van der Waals surface area (Å²) in [4.78, 5) is 15.5. The van der Waals surface area contributed by atoms with Gasteiger partial charge in [0.05, 0.1) is 5.69 Å². The molecule has 0 unspecified atom stereocenters. The van der Waals surface area contributed by atoms with Crippen molar-refractivity contribution in [3.8, 4) is 0 Å². The van der Waals surface area contributed by atoms with Gasteiger partial charge in [-0.25, -0.2) is 4.98 Å². The lowest BCUT2D eigenvalue weighted by molar-refractivity contribution is -0.116. The van der Waals surface area contributed by atoms with Crippen LogP contribution < -0.4 is 5.32 Å². The first kappa shape index (κ1) is 13.8.